The fourth-order valence-electron chi connectivity index (χ4n) is 1.63. The molecule has 0 aliphatic carbocycles. The first kappa shape index (κ1) is 14.6. The Bertz CT molecular complexity index is 710. The first-order chi connectivity index (χ1) is 9.89. The lowest BCUT2D eigenvalue weighted by atomic mass is 10.2. The van der Waals surface area contributed by atoms with Gasteiger partial charge in [-0.2, -0.15) is 13.2 Å². The number of hydrogen-bond donors (Lipinski definition) is 3. The monoisotopic (exact) mass is 297 g/mol. The summed E-state index contributed by atoms with van der Waals surface area (Å²) in [7, 11) is 0. The number of benzene rings is 1. The highest BCUT2D eigenvalue weighted by Gasteiger charge is 2.33. The van der Waals surface area contributed by atoms with E-state index in [1.54, 1.807) is 0 Å². The van der Waals surface area contributed by atoms with Crippen molar-refractivity contribution >= 4 is 11.6 Å². The first-order valence-electron chi connectivity index (χ1n) is 5.80. The molecule has 21 heavy (non-hydrogen) atoms. The number of amides is 1. The maximum Gasteiger partial charge on any atom is 0.418 e. The summed E-state index contributed by atoms with van der Waals surface area (Å²) in [6, 6.07) is 7.35. The van der Waals surface area contributed by atoms with Gasteiger partial charge in [-0.25, -0.2) is 0 Å². The van der Waals surface area contributed by atoms with Crippen LogP contribution in [0.2, 0.25) is 0 Å². The highest BCUT2D eigenvalue weighted by Crippen LogP contribution is 2.34. The van der Waals surface area contributed by atoms with E-state index >= 15 is 0 Å². The molecule has 0 atom stereocenters. The summed E-state index contributed by atoms with van der Waals surface area (Å²) in [4.78, 5) is 25.4. The van der Waals surface area contributed by atoms with E-state index < -0.39 is 23.2 Å². The SMILES string of the molecule is O=C(NNc1ccccc1C(F)(F)F)c1ccc[nH]c1=O. The molecule has 0 spiro atoms. The third kappa shape index (κ3) is 3.41. The van der Waals surface area contributed by atoms with Crippen molar-refractivity contribution in [2.75, 3.05) is 5.43 Å². The number of hydrazine groups is 1. The fourth-order valence-corrected chi connectivity index (χ4v) is 1.63. The average molecular weight is 297 g/mol. The molecule has 0 radical (unpaired) electrons. The van der Waals surface area contributed by atoms with Gasteiger partial charge in [0.1, 0.15) is 5.56 Å². The van der Waals surface area contributed by atoms with Crippen LogP contribution in [-0.2, 0) is 6.18 Å². The van der Waals surface area contributed by atoms with Gasteiger partial charge in [-0.15, -0.1) is 0 Å². The molecule has 2 aromatic rings. The van der Waals surface area contributed by atoms with Gasteiger partial charge in [0, 0.05) is 6.20 Å². The Morgan fingerprint density at radius 2 is 1.81 bits per heavy atom. The fraction of sp³-hybridized carbons (Fsp3) is 0.0769. The predicted octanol–water partition coefficient (Wildman–Crippen LogP) is 2.15. The van der Waals surface area contributed by atoms with Crippen LogP contribution in [0.1, 0.15) is 15.9 Å². The summed E-state index contributed by atoms with van der Waals surface area (Å²) in [5.41, 5.74) is 2.14. The number of carbonyl (C=O) groups excluding carboxylic acids is 1. The number of halogens is 3. The lowest BCUT2D eigenvalue weighted by Gasteiger charge is -2.14. The van der Waals surface area contributed by atoms with E-state index in [0.717, 1.165) is 6.07 Å². The number of pyridine rings is 1. The second-order valence-corrected chi connectivity index (χ2v) is 4.04. The third-order valence-electron chi connectivity index (χ3n) is 2.61. The van der Waals surface area contributed by atoms with Crippen LogP contribution in [0.5, 0.6) is 0 Å². The van der Waals surface area contributed by atoms with E-state index in [2.05, 4.69) is 15.8 Å². The number of H-pyrrole nitrogens is 1. The molecule has 0 saturated heterocycles. The largest absolute Gasteiger partial charge is 0.418 e. The summed E-state index contributed by atoms with van der Waals surface area (Å²) < 4.78 is 38.3. The van der Waals surface area contributed by atoms with Crippen molar-refractivity contribution in [3.05, 3.63) is 64.1 Å². The summed E-state index contributed by atoms with van der Waals surface area (Å²) in [6.45, 7) is 0. The van der Waals surface area contributed by atoms with Crippen LogP contribution in [0.15, 0.2) is 47.4 Å². The van der Waals surface area contributed by atoms with Crippen molar-refractivity contribution in [2.24, 2.45) is 0 Å². The molecule has 1 heterocycles. The second-order valence-electron chi connectivity index (χ2n) is 4.04. The molecule has 5 nitrogen and oxygen atoms in total. The number of aromatic nitrogens is 1. The van der Waals surface area contributed by atoms with Crippen LogP contribution in [0.4, 0.5) is 18.9 Å². The highest BCUT2D eigenvalue weighted by molar-refractivity contribution is 5.94. The van der Waals surface area contributed by atoms with Gasteiger partial charge in [0.15, 0.2) is 0 Å². The van der Waals surface area contributed by atoms with E-state index in [0.29, 0.717) is 0 Å². The Labute approximate surface area is 116 Å². The molecule has 0 aliphatic heterocycles. The highest BCUT2D eigenvalue weighted by atomic mass is 19.4. The van der Waals surface area contributed by atoms with Gasteiger partial charge in [-0.05, 0) is 24.3 Å². The van der Waals surface area contributed by atoms with Crippen molar-refractivity contribution in [2.45, 2.75) is 6.18 Å². The number of alkyl halides is 3. The lowest BCUT2D eigenvalue weighted by Crippen LogP contribution is -2.34. The molecule has 0 unspecified atom stereocenters. The Kier molecular flexibility index (Phi) is 3.97. The maximum atomic E-state index is 12.8. The maximum absolute atomic E-state index is 12.8. The minimum absolute atomic E-state index is 0.213. The van der Waals surface area contributed by atoms with Gasteiger partial charge in [0.05, 0.1) is 11.3 Å². The lowest BCUT2D eigenvalue weighted by molar-refractivity contribution is -0.137. The number of hydrogen-bond acceptors (Lipinski definition) is 3. The quantitative estimate of drug-likeness (QED) is 0.760. The molecule has 1 aromatic carbocycles. The average Bonchev–Trinajstić information content (AvgIpc) is 2.44. The summed E-state index contributed by atoms with van der Waals surface area (Å²) in [6.07, 6.45) is -3.22. The molecular formula is C13H10F3N3O2. The zero-order chi connectivity index (χ0) is 15.5. The van der Waals surface area contributed by atoms with Gasteiger partial charge in [0.25, 0.3) is 11.5 Å². The first-order valence-corrected chi connectivity index (χ1v) is 5.80. The molecule has 0 aliphatic rings. The molecule has 8 heteroatoms. The van der Waals surface area contributed by atoms with E-state index in [1.165, 1.54) is 36.5 Å². The van der Waals surface area contributed by atoms with Gasteiger partial charge < -0.3 is 4.98 Å². The molecule has 0 bridgehead atoms. The van der Waals surface area contributed by atoms with Crippen LogP contribution < -0.4 is 16.4 Å². The van der Waals surface area contributed by atoms with Crippen molar-refractivity contribution in [3.8, 4) is 0 Å². The molecule has 3 N–H and O–H groups in total. The normalized spacial score (nSPS) is 11.0. The number of nitrogens with one attached hydrogen (secondary N) is 3. The van der Waals surface area contributed by atoms with Gasteiger partial charge in [-0.1, -0.05) is 12.1 Å². The number of carbonyl (C=O) groups is 1. The van der Waals surface area contributed by atoms with Crippen molar-refractivity contribution in [1.82, 2.24) is 10.4 Å². The summed E-state index contributed by atoms with van der Waals surface area (Å²) in [5.74, 6) is -0.839. The standard InChI is InChI=1S/C13H10F3N3O2/c14-13(15,16)9-5-1-2-6-10(9)18-19-12(21)8-4-3-7-17-11(8)20/h1-7,18H,(H,17,20)(H,19,21). The van der Waals surface area contributed by atoms with E-state index in [1.807, 2.05) is 0 Å². The van der Waals surface area contributed by atoms with Crippen molar-refractivity contribution < 1.29 is 18.0 Å². The minimum Gasteiger partial charge on any atom is -0.328 e. The molecule has 0 fully saturated rings. The van der Waals surface area contributed by atoms with Crippen LogP contribution in [0.3, 0.4) is 0 Å². The Hall–Kier alpha value is -2.77. The molecule has 1 amide bonds. The number of para-hydroxylation sites is 1. The topological polar surface area (TPSA) is 74.0 Å². The number of rotatable bonds is 3. The predicted molar refractivity (Wildman–Crippen MR) is 69.6 cm³/mol. The zero-order valence-electron chi connectivity index (χ0n) is 10.5. The molecule has 110 valence electrons. The number of anilines is 1. The Morgan fingerprint density at radius 1 is 1.10 bits per heavy atom. The van der Waals surface area contributed by atoms with Gasteiger partial charge in [-0.3, -0.25) is 20.4 Å². The Balaban J connectivity index is 2.16. The van der Waals surface area contributed by atoms with Crippen LogP contribution in [0, 0.1) is 0 Å². The Morgan fingerprint density at radius 3 is 2.48 bits per heavy atom. The molecular weight excluding hydrogens is 287 g/mol. The summed E-state index contributed by atoms with van der Waals surface area (Å²) in [5, 5.41) is 0. The van der Waals surface area contributed by atoms with Crippen molar-refractivity contribution in [1.29, 1.82) is 0 Å². The van der Waals surface area contributed by atoms with Crippen LogP contribution in [0.25, 0.3) is 0 Å². The summed E-state index contributed by atoms with van der Waals surface area (Å²) >= 11 is 0. The van der Waals surface area contributed by atoms with Crippen LogP contribution >= 0.6 is 0 Å². The molecule has 1 aromatic heterocycles. The van der Waals surface area contributed by atoms with Gasteiger partial charge >= 0.3 is 6.18 Å². The van der Waals surface area contributed by atoms with Crippen LogP contribution in [-0.4, -0.2) is 10.9 Å². The van der Waals surface area contributed by atoms with E-state index in [9.17, 15) is 22.8 Å². The van der Waals surface area contributed by atoms with Crippen molar-refractivity contribution in [3.63, 3.8) is 0 Å². The van der Waals surface area contributed by atoms with E-state index in [4.69, 9.17) is 0 Å². The third-order valence-corrected chi connectivity index (χ3v) is 2.61. The molecule has 2 rings (SSSR count). The number of aromatic amines is 1. The zero-order valence-corrected chi connectivity index (χ0v) is 10.5. The second kappa shape index (κ2) is 5.70. The van der Waals surface area contributed by atoms with E-state index in [-0.39, 0.29) is 11.3 Å². The van der Waals surface area contributed by atoms with Gasteiger partial charge in [0.2, 0.25) is 0 Å². The smallest absolute Gasteiger partial charge is 0.328 e. The molecule has 0 saturated carbocycles. The minimum atomic E-state index is -4.56.